The van der Waals surface area contributed by atoms with Gasteiger partial charge in [-0.05, 0) is 36.2 Å². The average molecular weight is 231 g/mol. The van der Waals surface area contributed by atoms with Crippen molar-refractivity contribution < 1.29 is 4.74 Å². The molecule has 0 spiro atoms. The Kier molecular flexibility index (Phi) is 3.44. The Balaban J connectivity index is 2.24. The fraction of sp³-hybridized carbons (Fsp3) is 0.308. The summed E-state index contributed by atoms with van der Waals surface area (Å²) in [5.41, 5.74) is 7.97. The Morgan fingerprint density at radius 3 is 2.65 bits per heavy atom. The van der Waals surface area contributed by atoms with E-state index < -0.39 is 0 Å². The first-order chi connectivity index (χ1) is 8.24. The van der Waals surface area contributed by atoms with Crippen molar-refractivity contribution in [1.29, 1.82) is 0 Å². The zero-order valence-corrected chi connectivity index (χ0v) is 10.1. The van der Waals surface area contributed by atoms with Gasteiger partial charge in [-0.1, -0.05) is 6.92 Å². The van der Waals surface area contributed by atoms with E-state index in [9.17, 15) is 0 Å². The number of rotatable bonds is 4. The maximum atomic E-state index is 5.92. The summed E-state index contributed by atoms with van der Waals surface area (Å²) in [4.78, 5) is 7.53. The van der Waals surface area contributed by atoms with Crippen LogP contribution in [0.15, 0.2) is 30.5 Å². The van der Waals surface area contributed by atoms with E-state index in [4.69, 9.17) is 10.5 Å². The Morgan fingerprint density at radius 2 is 2.06 bits per heavy atom. The number of hydrogen-bond donors (Lipinski definition) is 2. The molecule has 2 aromatic rings. The molecule has 0 aliphatic heterocycles. The molecule has 0 saturated carbocycles. The van der Waals surface area contributed by atoms with Gasteiger partial charge >= 0.3 is 0 Å². The predicted octanol–water partition coefficient (Wildman–Crippen LogP) is 2.50. The fourth-order valence-corrected chi connectivity index (χ4v) is 1.64. The molecule has 1 aromatic heterocycles. The molecule has 1 unspecified atom stereocenters. The molecule has 0 aliphatic rings. The number of nitrogens with two attached hydrogens (primary N) is 1. The maximum absolute atomic E-state index is 5.92. The molecule has 1 aromatic carbocycles. The van der Waals surface area contributed by atoms with Crippen LogP contribution in [0.5, 0.6) is 5.75 Å². The van der Waals surface area contributed by atoms with Gasteiger partial charge in [-0.3, -0.25) is 0 Å². The Bertz CT molecular complexity index is 476. The third-order valence-corrected chi connectivity index (χ3v) is 2.79. The molecule has 1 heterocycles. The monoisotopic (exact) mass is 231 g/mol. The highest BCUT2D eigenvalue weighted by Gasteiger charge is 2.08. The van der Waals surface area contributed by atoms with Crippen LogP contribution in [0.2, 0.25) is 0 Å². The van der Waals surface area contributed by atoms with Crippen LogP contribution in [0.3, 0.4) is 0 Å². The summed E-state index contributed by atoms with van der Waals surface area (Å²) in [5, 5.41) is 0. The second-order valence-corrected chi connectivity index (χ2v) is 3.93. The number of aromatic amines is 1. The summed E-state index contributed by atoms with van der Waals surface area (Å²) >= 11 is 0. The molecular formula is C13H17N3O. The zero-order valence-electron chi connectivity index (χ0n) is 10.1. The van der Waals surface area contributed by atoms with Gasteiger partial charge in [0.1, 0.15) is 11.6 Å². The minimum Gasteiger partial charge on any atom is -0.497 e. The highest BCUT2D eigenvalue weighted by atomic mass is 16.5. The number of methoxy groups -OCH3 is 1. The van der Waals surface area contributed by atoms with Gasteiger partial charge in [-0.15, -0.1) is 0 Å². The molecule has 0 saturated heterocycles. The van der Waals surface area contributed by atoms with Crippen LogP contribution >= 0.6 is 0 Å². The lowest BCUT2D eigenvalue weighted by Crippen LogP contribution is -2.10. The molecule has 0 fully saturated rings. The number of aromatic nitrogens is 2. The molecule has 90 valence electrons. The Hall–Kier alpha value is -1.81. The lowest BCUT2D eigenvalue weighted by atomic mass is 10.1. The van der Waals surface area contributed by atoms with Crippen LogP contribution in [0.25, 0.3) is 11.3 Å². The van der Waals surface area contributed by atoms with Crippen LogP contribution in [0.4, 0.5) is 0 Å². The van der Waals surface area contributed by atoms with Gasteiger partial charge in [0.2, 0.25) is 0 Å². The molecule has 4 heteroatoms. The van der Waals surface area contributed by atoms with E-state index in [0.29, 0.717) is 0 Å². The minimum atomic E-state index is -0.0259. The minimum absolute atomic E-state index is 0.0259. The second kappa shape index (κ2) is 5.01. The van der Waals surface area contributed by atoms with Crippen LogP contribution in [-0.2, 0) is 0 Å². The molecule has 3 N–H and O–H groups in total. The number of ether oxygens (including phenoxy) is 1. The van der Waals surface area contributed by atoms with Crippen LogP contribution < -0.4 is 10.5 Å². The van der Waals surface area contributed by atoms with E-state index in [2.05, 4.69) is 9.97 Å². The van der Waals surface area contributed by atoms with Gasteiger partial charge < -0.3 is 15.5 Å². The van der Waals surface area contributed by atoms with Crippen LogP contribution in [-0.4, -0.2) is 17.1 Å². The zero-order chi connectivity index (χ0) is 12.3. The van der Waals surface area contributed by atoms with Crippen molar-refractivity contribution in [3.63, 3.8) is 0 Å². The second-order valence-electron chi connectivity index (χ2n) is 3.93. The standard InChI is InChI=1S/C13H17N3O/c1-3-11(14)13-15-8-12(16-13)9-4-6-10(17-2)7-5-9/h4-8,11H,3,14H2,1-2H3,(H,15,16). The fourth-order valence-electron chi connectivity index (χ4n) is 1.64. The summed E-state index contributed by atoms with van der Waals surface area (Å²) in [6.45, 7) is 2.04. The summed E-state index contributed by atoms with van der Waals surface area (Å²) in [6.07, 6.45) is 2.68. The van der Waals surface area contributed by atoms with Gasteiger partial charge in [0, 0.05) is 0 Å². The molecule has 0 amide bonds. The first kappa shape index (κ1) is 11.7. The number of H-pyrrole nitrogens is 1. The van der Waals surface area contributed by atoms with Gasteiger partial charge in [0.25, 0.3) is 0 Å². The number of benzene rings is 1. The summed E-state index contributed by atoms with van der Waals surface area (Å²) in [7, 11) is 1.66. The summed E-state index contributed by atoms with van der Waals surface area (Å²) in [5.74, 6) is 1.68. The molecule has 0 bridgehead atoms. The highest BCUT2D eigenvalue weighted by molar-refractivity contribution is 5.59. The number of nitrogens with one attached hydrogen (secondary N) is 1. The molecule has 17 heavy (non-hydrogen) atoms. The highest BCUT2D eigenvalue weighted by Crippen LogP contribution is 2.22. The van der Waals surface area contributed by atoms with Crippen molar-refractivity contribution in [1.82, 2.24) is 9.97 Å². The van der Waals surface area contributed by atoms with Gasteiger partial charge in [0.15, 0.2) is 0 Å². The topological polar surface area (TPSA) is 63.9 Å². The molecule has 2 rings (SSSR count). The normalized spacial score (nSPS) is 12.4. The number of nitrogens with zero attached hydrogens (tertiary/aromatic N) is 1. The SMILES string of the molecule is CCC(N)c1ncc(-c2ccc(OC)cc2)[nH]1. The number of hydrogen-bond acceptors (Lipinski definition) is 3. The van der Waals surface area contributed by atoms with E-state index in [1.807, 2.05) is 37.4 Å². The summed E-state index contributed by atoms with van der Waals surface area (Å²) in [6, 6.07) is 7.81. The third kappa shape index (κ3) is 2.47. The number of imidazole rings is 1. The predicted molar refractivity (Wildman–Crippen MR) is 67.8 cm³/mol. The van der Waals surface area contributed by atoms with Crippen LogP contribution in [0, 0.1) is 0 Å². The van der Waals surface area contributed by atoms with Crippen molar-refractivity contribution in [2.24, 2.45) is 5.73 Å². The van der Waals surface area contributed by atoms with E-state index in [1.54, 1.807) is 7.11 Å². The van der Waals surface area contributed by atoms with Crippen molar-refractivity contribution in [2.45, 2.75) is 19.4 Å². The molecule has 0 aliphatic carbocycles. The van der Waals surface area contributed by atoms with E-state index in [0.717, 1.165) is 29.3 Å². The van der Waals surface area contributed by atoms with Gasteiger partial charge in [-0.25, -0.2) is 4.98 Å². The van der Waals surface area contributed by atoms with E-state index in [1.165, 1.54) is 0 Å². The lowest BCUT2D eigenvalue weighted by molar-refractivity contribution is 0.415. The van der Waals surface area contributed by atoms with Crippen LogP contribution in [0.1, 0.15) is 25.2 Å². The molecule has 1 atom stereocenters. The van der Waals surface area contributed by atoms with E-state index >= 15 is 0 Å². The van der Waals surface area contributed by atoms with Gasteiger partial charge in [0.05, 0.1) is 25.0 Å². The molecule has 4 nitrogen and oxygen atoms in total. The first-order valence-corrected chi connectivity index (χ1v) is 5.69. The van der Waals surface area contributed by atoms with Crippen molar-refractivity contribution in [3.8, 4) is 17.0 Å². The largest absolute Gasteiger partial charge is 0.497 e. The van der Waals surface area contributed by atoms with Gasteiger partial charge in [-0.2, -0.15) is 0 Å². The maximum Gasteiger partial charge on any atom is 0.123 e. The molecular weight excluding hydrogens is 214 g/mol. The third-order valence-electron chi connectivity index (χ3n) is 2.79. The van der Waals surface area contributed by atoms with E-state index in [-0.39, 0.29) is 6.04 Å². The molecule has 0 radical (unpaired) electrons. The van der Waals surface area contributed by atoms with Crippen molar-refractivity contribution in [3.05, 3.63) is 36.3 Å². The Morgan fingerprint density at radius 1 is 1.35 bits per heavy atom. The van der Waals surface area contributed by atoms with Crippen molar-refractivity contribution >= 4 is 0 Å². The van der Waals surface area contributed by atoms with Crippen molar-refractivity contribution in [2.75, 3.05) is 7.11 Å². The first-order valence-electron chi connectivity index (χ1n) is 5.69. The Labute approximate surface area is 101 Å². The average Bonchev–Trinajstić information content (AvgIpc) is 2.87. The smallest absolute Gasteiger partial charge is 0.123 e. The quantitative estimate of drug-likeness (QED) is 0.849. The lowest BCUT2D eigenvalue weighted by Gasteiger charge is -2.04. The summed E-state index contributed by atoms with van der Waals surface area (Å²) < 4.78 is 5.12.